The fourth-order valence-electron chi connectivity index (χ4n) is 4.00. The Labute approximate surface area is 182 Å². The Bertz CT molecular complexity index is 923. The minimum absolute atomic E-state index is 0.0987. The molecule has 1 aliphatic rings. The maximum Gasteiger partial charge on any atom is 0.0932 e. The van der Waals surface area contributed by atoms with E-state index < -0.39 is 0 Å². The standard InChI is InChI=1S/C29H36O/c1-21(2)17-23-8-12-26(13-9-23)27-14-10-24(11-15-27)18-25-7-6-16-29(5,22(3)4)20-28(30)19-25/h6-16,20-22,30H,17-19H2,1-5H3/b16-6-,25-7?,28-20+. The van der Waals surface area contributed by atoms with Crippen LogP contribution >= 0.6 is 0 Å². The van der Waals surface area contributed by atoms with E-state index in [1.165, 1.54) is 27.8 Å². The predicted molar refractivity (Wildman–Crippen MR) is 130 cm³/mol. The second-order valence-electron chi connectivity index (χ2n) is 9.69. The van der Waals surface area contributed by atoms with Crippen LogP contribution in [0.15, 0.2) is 84.2 Å². The Hall–Kier alpha value is -2.54. The Morgan fingerprint density at radius 1 is 0.867 bits per heavy atom. The van der Waals surface area contributed by atoms with Gasteiger partial charge in [-0.15, -0.1) is 0 Å². The number of hydrogen-bond acceptors (Lipinski definition) is 1. The van der Waals surface area contributed by atoms with E-state index in [4.69, 9.17) is 0 Å². The summed E-state index contributed by atoms with van der Waals surface area (Å²) in [6.45, 7) is 11.1. The average molecular weight is 401 g/mol. The molecular weight excluding hydrogens is 364 g/mol. The largest absolute Gasteiger partial charge is 0.512 e. The summed E-state index contributed by atoms with van der Waals surface area (Å²) in [5.74, 6) is 1.60. The lowest BCUT2D eigenvalue weighted by Crippen LogP contribution is -2.19. The van der Waals surface area contributed by atoms with Crippen molar-refractivity contribution in [3.63, 3.8) is 0 Å². The molecule has 0 heterocycles. The lowest BCUT2D eigenvalue weighted by Gasteiger charge is -2.28. The maximum absolute atomic E-state index is 10.5. The van der Waals surface area contributed by atoms with Crippen molar-refractivity contribution in [1.82, 2.24) is 0 Å². The fourth-order valence-corrected chi connectivity index (χ4v) is 4.00. The molecule has 2 aromatic carbocycles. The van der Waals surface area contributed by atoms with E-state index in [2.05, 4.69) is 101 Å². The van der Waals surface area contributed by atoms with Gasteiger partial charge in [-0.05, 0) is 53.0 Å². The molecule has 2 aromatic rings. The SMILES string of the molecule is CC(C)Cc1ccc(-c2ccc(CC3=C/C=C\C(C)(C(C)C)/C=C(/O)C3)cc2)cc1. The van der Waals surface area contributed by atoms with E-state index in [9.17, 15) is 5.11 Å². The van der Waals surface area contributed by atoms with E-state index in [1.54, 1.807) is 0 Å². The van der Waals surface area contributed by atoms with Crippen molar-refractivity contribution in [2.24, 2.45) is 17.3 Å². The van der Waals surface area contributed by atoms with Gasteiger partial charge in [0.1, 0.15) is 0 Å². The fraction of sp³-hybridized carbons (Fsp3) is 0.379. The number of hydrogen-bond donors (Lipinski definition) is 1. The third kappa shape index (κ3) is 5.75. The summed E-state index contributed by atoms with van der Waals surface area (Å²) in [5.41, 5.74) is 6.31. The Morgan fingerprint density at radius 2 is 1.43 bits per heavy atom. The van der Waals surface area contributed by atoms with E-state index in [1.807, 2.05) is 6.08 Å². The molecule has 30 heavy (non-hydrogen) atoms. The van der Waals surface area contributed by atoms with E-state index >= 15 is 0 Å². The van der Waals surface area contributed by atoms with Gasteiger partial charge in [-0.1, -0.05) is 107 Å². The molecule has 1 unspecified atom stereocenters. The lowest BCUT2D eigenvalue weighted by molar-refractivity contribution is 0.339. The number of aliphatic hydroxyl groups excluding tert-OH is 1. The van der Waals surface area contributed by atoms with Crippen LogP contribution in [0.3, 0.4) is 0 Å². The summed E-state index contributed by atoms with van der Waals surface area (Å²) < 4.78 is 0. The zero-order chi connectivity index (χ0) is 21.7. The quantitative estimate of drug-likeness (QED) is 0.519. The van der Waals surface area contributed by atoms with Gasteiger partial charge >= 0.3 is 0 Å². The van der Waals surface area contributed by atoms with Crippen molar-refractivity contribution >= 4 is 0 Å². The molecule has 0 saturated carbocycles. The van der Waals surface area contributed by atoms with Crippen LogP contribution in [0, 0.1) is 17.3 Å². The zero-order valence-electron chi connectivity index (χ0n) is 19.2. The van der Waals surface area contributed by atoms with Crippen LogP contribution in [0.2, 0.25) is 0 Å². The highest BCUT2D eigenvalue weighted by Crippen LogP contribution is 2.34. The molecule has 0 radical (unpaired) electrons. The van der Waals surface area contributed by atoms with Crippen LogP contribution in [-0.2, 0) is 12.8 Å². The molecule has 0 saturated heterocycles. The van der Waals surface area contributed by atoms with E-state index in [-0.39, 0.29) is 5.41 Å². The predicted octanol–water partition coefficient (Wildman–Crippen LogP) is 8.09. The first-order valence-corrected chi connectivity index (χ1v) is 11.2. The van der Waals surface area contributed by atoms with E-state index in [0.29, 0.717) is 24.0 Å². The molecular formula is C29H36O. The van der Waals surface area contributed by atoms with Crippen molar-refractivity contribution in [2.75, 3.05) is 0 Å². The monoisotopic (exact) mass is 400 g/mol. The summed E-state index contributed by atoms with van der Waals surface area (Å²) in [5, 5.41) is 10.5. The molecule has 0 aliphatic heterocycles. The number of aliphatic hydroxyl groups is 1. The Morgan fingerprint density at radius 3 is 1.97 bits per heavy atom. The van der Waals surface area contributed by atoms with Crippen LogP contribution in [0.4, 0.5) is 0 Å². The van der Waals surface area contributed by atoms with Crippen molar-refractivity contribution < 1.29 is 5.11 Å². The average Bonchev–Trinajstić information content (AvgIpc) is 2.67. The maximum atomic E-state index is 10.5. The van der Waals surface area contributed by atoms with Gasteiger partial charge in [0.2, 0.25) is 0 Å². The van der Waals surface area contributed by atoms with Crippen LogP contribution in [0.5, 0.6) is 0 Å². The lowest BCUT2D eigenvalue weighted by atomic mass is 9.77. The smallest absolute Gasteiger partial charge is 0.0932 e. The van der Waals surface area contributed by atoms with Gasteiger partial charge in [0.15, 0.2) is 0 Å². The first-order chi connectivity index (χ1) is 14.2. The summed E-state index contributed by atoms with van der Waals surface area (Å²) in [6.07, 6.45) is 11.2. The molecule has 1 heteroatoms. The molecule has 0 aromatic heterocycles. The molecule has 1 aliphatic carbocycles. The van der Waals surface area contributed by atoms with Gasteiger partial charge in [-0.2, -0.15) is 0 Å². The Kier molecular flexibility index (Phi) is 7.02. The first-order valence-electron chi connectivity index (χ1n) is 11.2. The van der Waals surface area contributed by atoms with Crippen molar-refractivity contribution in [1.29, 1.82) is 0 Å². The highest BCUT2D eigenvalue weighted by atomic mass is 16.3. The molecule has 0 amide bonds. The van der Waals surface area contributed by atoms with Crippen LogP contribution in [-0.4, -0.2) is 5.11 Å². The third-order valence-electron chi connectivity index (χ3n) is 6.23. The minimum atomic E-state index is -0.0987. The second-order valence-corrected chi connectivity index (χ2v) is 9.69. The van der Waals surface area contributed by atoms with Crippen molar-refractivity contribution in [2.45, 2.75) is 53.9 Å². The van der Waals surface area contributed by atoms with Gasteiger partial charge in [-0.3, -0.25) is 0 Å². The van der Waals surface area contributed by atoms with E-state index in [0.717, 1.165) is 12.8 Å². The summed E-state index contributed by atoms with van der Waals surface area (Å²) >= 11 is 0. The van der Waals surface area contributed by atoms with Crippen LogP contribution in [0.1, 0.15) is 52.2 Å². The second kappa shape index (κ2) is 9.51. The van der Waals surface area contributed by atoms with Gasteiger partial charge in [0, 0.05) is 11.8 Å². The Balaban J connectivity index is 1.71. The van der Waals surface area contributed by atoms with Gasteiger partial charge < -0.3 is 5.11 Å². The first kappa shape index (κ1) is 22.2. The molecule has 0 bridgehead atoms. The van der Waals surface area contributed by atoms with Crippen molar-refractivity contribution in [3.8, 4) is 11.1 Å². The van der Waals surface area contributed by atoms with Gasteiger partial charge in [-0.25, -0.2) is 0 Å². The van der Waals surface area contributed by atoms with Crippen LogP contribution in [0.25, 0.3) is 11.1 Å². The molecule has 1 N–H and O–H groups in total. The molecule has 3 rings (SSSR count). The summed E-state index contributed by atoms with van der Waals surface area (Å²) in [6, 6.07) is 17.8. The third-order valence-corrected chi connectivity index (χ3v) is 6.23. The highest BCUT2D eigenvalue weighted by Gasteiger charge is 2.24. The topological polar surface area (TPSA) is 20.2 Å². The molecule has 0 fully saturated rings. The zero-order valence-corrected chi connectivity index (χ0v) is 19.2. The molecule has 1 nitrogen and oxygen atoms in total. The van der Waals surface area contributed by atoms with Crippen LogP contribution < -0.4 is 0 Å². The normalized spacial score (nSPS) is 22.2. The molecule has 0 spiro atoms. The number of benzene rings is 2. The van der Waals surface area contributed by atoms with Gasteiger partial charge in [0.05, 0.1) is 5.76 Å². The molecule has 1 atom stereocenters. The highest BCUT2D eigenvalue weighted by molar-refractivity contribution is 5.64. The minimum Gasteiger partial charge on any atom is -0.512 e. The number of allylic oxidation sites excluding steroid dienone is 5. The van der Waals surface area contributed by atoms with Crippen molar-refractivity contribution in [3.05, 3.63) is 95.3 Å². The summed E-state index contributed by atoms with van der Waals surface area (Å²) in [4.78, 5) is 0. The molecule has 158 valence electrons. The summed E-state index contributed by atoms with van der Waals surface area (Å²) in [7, 11) is 0. The number of rotatable bonds is 6. The van der Waals surface area contributed by atoms with Gasteiger partial charge in [0.25, 0.3) is 0 Å².